The van der Waals surface area contributed by atoms with Crippen molar-refractivity contribution in [2.75, 3.05) is 5.32 Å². The van der Waals surface area contributed by atoms with Gasteiger partial charge in [-0.05, 0) is 45.4 Å². The number of aryl methyl sites for hydroxylation is 2. The Morgan fingerprint density at radius 3 is 2.54 bits per heavy atom. The molecule has 0 radical (unpaired) electrons. The summed E-state index contributed by atoms with van der Waals surface area (Å²) >= 11 is 0. The summed E-state index contributed by atoms with van der Waals surface area (Å²) in [6.07, 6.45) is 0. The summed E-state index contributed by atoms with van der Waals surface area (Å²) in [5, 5.41) is 14.3. The lowest BCUT2D eigenvalue weighted by molar-refractivity contribution is 0.250. The Morgan fingerprint density at radius 1 is 1.07 bits per heavy atom. The zero-order chi connectivity index (χ0) is 19.8. The summed E-state index contributed by atoms with van der Waals surface area (Å²) in [5.41, 5.74) is 5.68. The Bertz CT molecular complexity index is 1160. The van der Waals surface area contributed by atoms with Crippen LogP contribution in [0.5, 0.6) is 0 Å². The lowest BCUT2D eigenvalue weighted by Gasteiger charge is -2.13. The van der Waals surface area contributed by atoms with Gasteiger partial charge in [0, 0.05) is 18.3 Å². The van der Waals surface area contributed by atoms with E-state index in [2.05, 4.69) is 50.5 Å². The molecule has 4 rings (SSSR count). The summed E-state index contributed by atoms with van der Waals surface area (Å²) < 4.78 is 4.24. The van der Waals surface area contributed by atoms with Gasteiger partial charge in [0.1, 0.15) is 5.82 Å². The van der Waals surface area contributed by atoms with Gasteiger partial charge in [0.25, 0.3) is 0 Å². The third kappa shape index (κ3) is 3.19. The van der Waals surface area contributed by atoms with Crippen LogP contribution in [0.15, 0.2) is 42.5 Å². The van der Waals surface area contributed by atoms with Gasteiger partial charge >= 0.3 is 6.03 Å². The molecule has 0 aliphatic carbocycles. The number of nitrogens with zero attached hydrogens (tertiary/aromatic N) is 4. The van der Waals surface area contributed by atoms with Gasteiger partial charge in [-0.2, -0.15) is 0 Å². The van der Waals surface area contributed by atoms with E-state index in [4.69, 9.17) is 0 Å². The zero-order valence-electron chi connectivity index (χ0n) is 16.5. The molecule has 0 aliphatic heterocycles. The smallest absolute Gasteiger partial charge is 0.319 e. The van der Waals surface area contributed by atoms with E-state index in [9.17, 15) is 4.79 Å². The van der Waals surface area contributed by atoms with Crippen LogP contribution in [-0.2, 0) is 6.54 Å². The number of aromatic nitrogens is 4. The fraction of sp³-hybridized carbons (Fsp3) is 0.286. The number of hydrogen-bond donors (Lipinski definition) is 2. The molecule has 0 bridgehead atoms. The second-order valence-corrected chi connectivity index (χ2v) is 7.35. The molecule has 0 aliphatic rings. The van der Waals surface area contributed by atoms with Crippen molar-refractivity contribution in [2.24, 2.45) is 0 Å². The van der Waals surface area contributed by atoms with Crippen LogP contribution in [0.4, 0.5) is 10.5 Å². The van der Waals surface area contributed by atoms with Crippen molar-refractivity contribution in [1.82, 2.24) is 24.5 Å². The van der Waals surface area contributed by atoms with Crippen molar-refractivity contribution in [3.05, 3.63) is 59.5 Å². The molecule has 2 amide bonds. The van der Waals surface area contributed by atoms with Crippen LogP contribution < -0.4 is 10.6 Å². The number of carbonyl (C=O) groups excluding carboxylic acids is 1. The van der Waals surface area contributed by atoms with Crippen molar-refractivity contribution < 1.29 is 4.79 Å². The standard InChI is InChI=1S/C21H24N6O/c1-13(2)22-21(28)23-17-11-18-19(27-15(4)24-25-20(17)27)10-14(3)26(18)12-16-8-6-5-7-9-16/h5-11,13H,12H2,1-4H3,(H2,22,23,28). The minimum atomic E-state index is -0.255. The number of hydrogen-bond acceptors (Lipinski definition) is 3. The highest BCUT2D eigenvalue weighted by Crippen LogP contribution is 2.28. The van der Waals surface area contributed by atoms with E-state index in [1.54, 1.807) is 0 Å². The molecule has 3 heterocycles. The maximum absolute atomic E-state index is 12.3. The van der Waals surface area contributed by atoms with Gasteiger partial charge in [-0.1, -0.05) is 30.3 Å². The number of urea groups is 1. The lowest BCUT2D eigenvalue weighted by Crippen LogP contribution is -2.34. The Balaban J connectivity index is 1.87. The molecule has 144 valence electrons. The van der Waals surface area contributed by atoms with E-state index in [-0.39, 0.29) is 12.1 Å². The molecule has 0 saturated heterocycles. The Morgan fingerprint density at radius 2 is 1.82 bits per heavy atom. The van der Waals surface area contributed by atoms with Crippen LogP contribution in [0, 0.1) is 13.8 Å². The van der Waals surface area contributed by atoms with Crippen LogP contribution in [-0.4, -0.2) is 31.2 Å². The summed E-state index contributed by atoms with van der Waals surface area (Å²) in [7, 11) is 0. The highest BCUT2D eigenvalue weighted by Gasteiger charge is 2.17. The number of benzene rings is 1. The summed E-state index contributed by atoms with van der Waals surface area (Å²) in [6, 6.07) is 14.2. The van der Waals surface area contributed by atoms with Crippen LogP contribution in [0.25, 0.3) is 16.7 Å². The van der Waals surface area contributed by atoms with Crippen molar-refractivity contribution in [3.63, 3.8) is 0 Å². The topological polar surface area (TPSA) is 76.2 Å². The zero-order valence-corrected chi connectivity index (χ0v) is 16.5. The fourth-order valence-corrected chi connectivity index (χ4v) is 3.52. The van der Waals surface area contributed by atoms with Crippen molar-refractivity contribution in [2.45, 2.75) is 40.3 Å². The first kappa shape index (κ1) is 18.0. The largest absolute Gasteiger partial charge is 0.339 e. The van der Waals surface area contributed by atoms with Crippen LogP contribution >= 0.6 is 0 Å². The molecule has 0 unspecified atom stereocenters. The number of nitrogens with one attached hydrogen (secondary N) is 2. The molecular weight excluding hydrogens is 352 g/mol. The van der Waals surface area contributed by atoms with Gasteiger partial charge in [0.15, 0.2) is 5.65 Å². The first-order valence-corrected chi connectivity index (χ1v) is 9.40. The number of fused-ring (bicyclic) bond motifs is 3. The number of anilines is 1. The summed E-state index contributed by atoms with van der Waals surface area (Å²) in [6.45, 7) is 8.61. The van der Waals surface area contributed by atoms with Crippen LogP contribution in [0.3, 0.4) is 0 Å². The van der Waals surface area contributed by atoms with Gasteiger partial charge in [0.2, 0.25) is 0 Å². The summed E-state index contributed by atoms with van der Waals surface area (Å²) in [5.74, 6) is 0.782. The molecular formula is C21H24N6O. The molecule has 7 nitrogen and oxygen atoms in total. The molecule has 0 atom stereocenters. The minimum absolute atomic E-state index is 0.0449. The Labute approximate surface area is 163 Å². The summed E-state index contributed by atoms with van der Waals surface area (Å²) in [4.78, 5) is 12.3. The average molecular weight is 376 g/mol. The van der Waals surface area contributed by atoms with Gasteiger partial charge in [0.05, 0.1) is 16.7 Å². The Kier molecular flexibility index (Phi) is 4.50. The molecule has 1 aromatic carbocycles. The van der Waals surface area contributed by atoms with E-state index in [1.807, 2.05) is 49.4 Å². The monoisotopic (exact) mass is 376 g/mol. The van der Waals surface area contributed by atoms with Gasteiger partial charge < -0.3 is 15.2 Å². The average Bonchev–Trinajstić information content (AvgIpc) is 3.17. The third-order valence-electron chi connectivity index (χ3n) is 4.76. The molecule has 3 aromatic heterocycles. The number of rotatable bonds is 4. The van der Waals surface area contributed by atoms with Gasteiger partial charge in [-0.15, -0.1) is 10.2 Å². The fourth-order valence-electron chi connectivity index (χ4n) is 3.52. The molecule has 2 N–H and O–H groups in total. The number of pyridine rings is 1. The number of carbonyl (C=O) groups is 1. The van der Waals surface area contributed by atoms with E-state index in [1.165, 1.54) is 5.56 Å². The van der Waals surface area contributed by atoms with E-state index in [0.29, 0.717) is 11.3 Å². The van der Waals surface area contributed by atoms with E-state index >= 15 is 0 Å². The predicted octanol–water partition coefficient (Wildman–Crippen LogP) is 3.88. The normalized spacial score (nSPS) is 11.5. The molecule has 7 heteroatoms. The maximum Gasteiger partial charge on any atom is 0.319 e. The number of amides is 2. The van der Waals surface area contributed by atoms with Crippen LogP contribution in [0.2, 0.25) is 0 Å². The van der Waals surface area contributed by atoms with Crippen LogP contribution in [0.1, 0.15) is 30.9 Å². The predicted molar refractivity (Wildman–Crippen MR) is 111 cm³/mol. The minimum Gasteiger partial charge on any atom is -0.339 e. The highest BCUT2D eigenvalue weighted by atomic mass is 16.2. The quantitative estimate of drug-likeness (QED) is 0.567. The van der Waals surface area contributed by atoms with Gasteiger partial charge in [-0.3, -0.25) is 4.40 Å². The van der Waals surface area contributed by atoms with Crippen molar-refractivity contribution in [3.8, 4) is 0 Å². The van der Waals surface area contributed by atoms with E-state index < -0.39 is 0 Å². The molecule has 0 spiro atoms. The first-order valence-electron chi connectivity index (χ1n) is 9.40. The Hall–Kier alpha value is -3.35. The maximum atomic E-state index is 12.3. The van der Waals surface area contributed by atoms with Crippen molar-refractivity contribution in [1.29, 1.82) is 0 Å². The molecule has 0 fully saturated rings. The van der Waals surface area contributed by atoms with Gasteiger partial charge in [-0.25, -0.2) is 4.79 Å². The first-order chi connectivity index (χ1) is 13.4. The molecule has 0 saturated carbocycles. The molecule has 28 heavy (non-hydrogen) atoms. The van der Waals surface area contributed by atoms with E-state index in [0.717, 1.165) is 29.1 Å². The SMILES string of the molecule is Cc1cc2c(cc(NC(=O)NC(C)C)c3nnc(C)n32)n1Cc1ccccc1. The molecule has 4 aromatic rings. The second-order valence-electron chi connectivity index (χ2n) is 7.35. The second kappa shape index (κ2) is 6.99. The highest BCUT2D eigenvalue weighted by molar-refractivity contribution is 5.97. The third-order valence-corrected chi connectivity index (χ3v) is 4.76. The lowest BCUT2D eigenvalue weighted by atomic mass is 10.2. The van der Waals surface area contributed by atoms with Crippen molar-refractivity contribution >= 4 is 28.4 Å².